The summed E-state index contributed by atoms with van der Waals surface area (Å²) in [6, 6.07) is 3.49. The average Bonchev–Trinajstić information content (AvgIpc) is 2.91. The number of benzene rings is 1. The summed E-state index contributed by atoms with van der Waals surface area (Å²) in [6.07, 6.45) is 3.10. The lowest BCUT2D eigenvalue weighted by atomic mass is 10.2. The molecule has 110 valence electrons. The topological polar surface area (TPSA) is 86.9 Å². The Kier molecular flexibility index (Phi) is 4.89. The van der Waals surface area contributed by atoms with Crippen LogP contribution in [0.25, 0.3) is 0 Å². The monoisotopic (exact) mass is 310 g/mol. The second-order valence-electron chi connectivity index (χ2n) is 4.17. The lowest BCUT2D eigenvalue weighted by molar-refractivity contribution is -0.116. The third kappa shape index (κ3) is 4.28. The molecule has 0 saturated carbocycles. The van der Waals surface area contributed by atoms with Crippen molar-refractivity contribution in [2.24, 2.45) is 0 Å². The fourth-order valence-electron chi connectivity index (χ4n) is 1.60. The summed E-state index contributed by atoms with van der Waals surface area (Å²) in [5.74, 6) is -1.24. The highest BCUT2D eigenvalue weighted by Crippen LogP contribution is 2.16. The Hall–Kier alpha value is -2.41. The van der Waals surface area contributed by atoms with Crippen LogP contribution in [-0.2, 0) is 4.79 Å². The molecule has 0 aliphatic carbocycles. The summed E-state index contributed by atoms with van der Waals surface area (Å²) in [4.78, 5) is 23.4. The molecule has 2 rings (SSSR count). The number of H-pyrrole nitrogens is 1. The first-order valence-corrected chi connectivity index (χ1v) is 6.46. The van der Waals surface area contributed by atoms with Crippen LogP contribution >= 0.6 is 11.6 Å². The van der Waals surface area contributed by atoms with Gasteiger partial charge in [0.2, 0.25) is 5.91 Å². The van der Waals surface area contributed by atoms with Crippen LogP contribution in [0.1, 0.15) is 16.8 Å². The van der Waals surface area contributed by atoms with Gasteiger partial charge in [-0.05, 0) is 18.2 Å². The third-order valence-corrected chi connectivity index (χ3v) is 2.91. The molecule has 1 aromatic carbocycles. The third-order valence-electron chi connectivity index (χ3n) is 2.60. The van der Waals surface area contributed by atoms with Crippen molar-refractivity contribution in [3.8, 4) is 0 Å². The van der Waals surface area contributed by atoms with E-state index in [9.17, 15) is 14.0 Å². The Bertz CT molecular complexity index is 646. The number of hydrogen-bond acceptors (Lipinski definition) is 3. The Morgan fingerprint density at radius 3 is 2.86 bits per heavy atom. The maximum absolute atomic E-state index is 12.9. The maximum Gasteiger partial charge on any atom is 0.252 e. The summed E-state index contributed by atoms with van der Waals surface area (Å²) in [5, 5.41) is 11.4. The van der Waals surface area contributed by atoms with Gasteiger partial charge in [0.1, 0.15) is 5.82 Å². The molecule has 2 amide bonds. The molecule has 1 aromatic heterocycles. The molecule has 0 saturated heterocycles. The van der Waals surface area contributed by atoms with Gasteiger partial charge in [-0.2, -0.15) is 5.10 Å². The van der Waals surface area contributed by atoms with Crippen LogP contribution in [0.2, 0.25) is 5.02 Å². The van der Waals surface area contributed by atoms with E-state index in [0.29, 0.717) is 5.69 Å². The summed E-state index contributed by atoms with van der Waals surface area (Å²) < 4.78 is 12.9. The fraction of sp³-hybridized carbons (Fsp3) is 0.154. The second kappa shape index (κ2) is 6.85. The van der Waals surface area contributed by atoms with Crippen LogP contribution in [0.5, 0.6) is 0 Å². The number of amides is 2. The normalized spacial score (nSPS) is 10.2. The molecule has 3 N–H and O–H groups in total. The zero-order valence-electron chi connectivity index (χ0n) is 10.8. The molecule has 8 heteroatoms. The number of hydrogen-bond donors (Lipinski definition) is 3. The zero-order valence-corrected chi connectivity index (χ0v) is 11.6. The quantitative estimate of drug-likeness (QED) is 0.789. The van der Waals surface area contributed by atoms with E-state index in [-0.39, 0.29) is 29.5 Å². The number of carbonyl (C=O) groups excluding carboxylic acids is 2. The first-order chi connectivity index (χ1) is 10.1. The van der Waals surface area contributed by atoms with Crippen molar-refractivity contribution >= 4 is 29.1 Å². The van der Waals surface area contributed by atoms with E-state index in [1.54, 1.807) is 0 Å². The van der Waals surface area contributed by atoms with E-state index in [1.807, 2.05) is 0 Å². The van der Waals surface area contributed by atoms with Gasteiger partial charge in [0.15, 0.2) is 0 Å². The molecular formula is C13H12ClFN4O2. The molecule has 0 aliphatic heterocycles. The van der Waals surface area contributed by atoms with E-state index < -0.39 is 11.7 Å². The number of carbonyl (C=O) groups is 2. The number of nitrogens with one attached hydrogen (secondary N) is 3. The largest absolute Gasteiger partial charge is 0.351 e. The van der Waals surface area contributed by atoms with Gasteiger partial charge in [-0.3, -0.25) is 14.7 Å². The number of rotatable bonds is 5. The van der Waals surface area contributed by atoms with Gasteiger partial charge >= 0.3 is 0 Å². The van der Waals surface area contributed by atoms with Crippen molar-refractivity contribution in [3.05, 3.63) is 47.0 Å². The highest BCUT2D eigenvalue weighted by molar-refractivity contribution is 6.33. The number of halogens is 2. The van der Waals surface area contributed by atoms with Gasteiger partial charge in [-0.15, -0.1) is 0 Å². The molecule has 21 heavy (non-hydrogen) atoms. The lowest BCUT2D eigenvalue weighted by Crippen LogP contribution is -2.27. The molecule has 2 aromatic rings. The van der Waals surface area contributed by atoms with Crippen molar-refractivity contribution < 1.29 is 14.0 Å². The molecule has 0 radical (unpaired) electrons. The molecule has 0 bridgehead atoms. The van der Waals surface area contributed by atoms with Crippen LogP contribution in [0.4, 0.5) is 10.1 Å². The molecule has 1 heterocycles. The lowest BCUT2D eigenvalue weighted by Gasteiger charge is -2.07. The number of anilines is 1. The van der Waals surface area contributed by atoms with Crippen LogP contribution < -0.4 is 10.6 Å². The maximum atomic E-state index is 12.9. The van der Waals surface area contributed by atoms with Crippen molar-refractivity contribution in [1.29, 1.82) is 0 Å². The molecule has 0 fully saturated rings. The van der Waals surface area contributed by atoms with Crippen LogP contribution in [0.15, 0.2) is 30.6 Å². The van der Waals surface area contributed by atoms with E-state index in [4.69, 9.17) is 11.6 Å². The summed E-state index contributed by atoms with van der Waals surface area (Å²) in [5.41, 5.74) is 0.709. The van der Waals surface area contributed by atoms with Crippen molar-refractivity contribution in [3.63, 3.8) is 0 Å². The Morgan fingerprint density at radius 1 is 1.38 bits per heavy atom. The molecule has 0 unspecified atom stereocenters. The first-order valence-electron chi connectivity index (χ1n) is 6.08. The molecule has 0 aliphatic rings. The van der Waals surface area contributed by atoms with E-state index in [1.165, 1.54) is 18.5 Å². The fourth-order valence-corrected chi connectivity index (χ4v) is 1.85. The predicted molar refractivity (Wildman–Crippen MR) is 75.6 cm³/mol. The minimum Gasteiger partial charge on any atom is -0.351 e. The summed E-state index contributed by atoms with van der Waals surface area (Å²) in [7, 11) is 0. The van der Waals surface area contributed by atoms with E-state index in [0.717, 1.165) is 12.1 Å². The van der Waals surface area contributed by atoms with E-state index >= 15 is 0 Å². The summed E-state index contributed by atoms with van der Waals surface area (Å²) >= 11 is 5.77. The predicted octanol–water partition coefficient (Wildman–Crippen LogP) is 1.96. The van der Waals surface area contributed by atoms with Gasteiger partial charge in [0.25, 0.3) is 5.91 Å². The van der Waals surface area contributed by atoms with Gasteiger partial charge in [-0.1, -0.05) is 11.6 Å². The van der Waals surface area contributed by atoms with Crippen LogP contribution in [-0.4, -0.2) is 28.6 Å². The van der Waals surface area contributed by atoms with Crippen molar-refractivity contribution in [1.82, 2.24) is 15.5 Å². The minimum atomic E-state index is -0.518. The summed E-state index contributed by atoms with van der Waals surface area (Å²) in [6.45, 7) is 0.135. The van der Waals surface area contributed by atoms with Gasteiger partial charge in [0, 0.05) is 19.2 Å². The Labute approximate surface area is 124 Å². The Balaban J connectivity index is 1.80. The minimum absolute atomic E-state index is 0.0235. The van der Waals surface area contributed by atoms with Gasteiger partial charge < -0.3 is 10.6 Å². The van der Waals surface area contributed by atoms with E-state index in [2.05, 4.69) is 20.8 Å². The van der Waals surface area contributed by atoms with Crippen LogP contribution in [0, 0.1) is 5.82 Å². The van der Waals surface area contributed by atoms with Gasteiger partial charge in [-0.25, -0.2) is 4.39 Å². The van der Waals surface area contributed by atoms with Crippen LogP contribution in [0.3, 0.4) is 0 Å². The standard InChI is InChI=1S/C13H12ClFN4O2/c14-11-5-8(15)1-2-10(11)13(21)16-4-3-12(20)19-9-6-17-18-7-9/h1-2,5-7H,3-4H2,(H,16,21)(H,17,18)(H,19,20). The SMILES string of the molecule is O=C(CCNC(=O)c1ccc(F)cc1Cl)Nc1cn[nH]c1. The number of aromatic amines is 1. The Morgan fingerprint density at radius 2 is 2.19 bits per heavy atom. The first kappa shape index (κ1) is 15.0. The molecule has 0 atom stereocenters. The molecule has 6 nitrogen and oxygen atoms in total. The smallest absolute Gasteiger partial charge is 0.252 e. The molecule has 0 spiro atoms. The van der Waals surface area contributed by atoms with Crippen molar-refractivity contribution in [2.45, 2.75) is 6.42 Å². The zero-order chi connectivity index (χ0) is 15.2. The average molecular weight is 311 g/mol. The number of nitrogens with zero attached hydrogens (tertiary/aromatic N) is 1. The van der Waals surface area contributed by atoms with Gasteiger partial charge in [0.05, 0.1) is 22.5 Å². The highest BCUT2D eigenvalue weighted by atomic mass is 35.5. The van der Waals surface area contributed by atoms with Crippen molar-refractivity contribution in [2.75, 3.05) is 11.9 Å². The number of aromatic nitrogens is 2. The molecular weight excluding hydrogens is 299 g/mol. The second-order valence-corrected chi connectivity index (χ2v) is 4.57. The highest BCUT2D eigenvalue weighted by Gasteiger charge is 2.11.